The highest BCUT2D eigenvalue weighted by Crippen LogP contribution is 2.38. The number of nitrogens with one attached hydrogen (secondary N) is 1. The maximum absolute atomic E-state index is 12.8. The first-order valence-electron chi connectivity index (χ1n) is 19.2. The van der Waals surface area contributed by atoms with Gasteiger partial charge in [0.25, 0.3) is 7.82 Å². The Hall–Kier alpha value is -1.02. The molecule has 0 saturated heterocycles. The van der Waals surface area contributed by atoms with Crippen LogP contribution in [0.15, 0.2) is 24.3 Å². The number of hydrogen-bond acceptors (Lipinski definition) is 6. The van der Waals surface area contributed by atoms with Gasteiger partial charge >= 0.3 is 0 Å². The number of aliphatic hydroxyl groups is 1. The smallest absolute Gasteiger partial charge is 0.268 e. The van der Waals surface area contributed by atoms with Crippen molar-refractivity contribution in [3.63, 3.8) is 0 Å². The SMILES string of the molecule is CCCCC/C=C\C/C=C\CCCCCCCC(=O)NC(COP(=O)([O-])OCC[N+](C)(C)C)C(O)CCCCCCCCCCCC. The van der Waals surface area contributed by atoms with Crippen LogP contribution in [0, 0.1) is 0 Å². The highest BCUT2D eigenvalue weighted by Gasteiger charge is 2.24. The molecule has 0 aromatic heterocycles. The van der Waals surface area contributed by atoms with E-state index in [1.54, 1.807) is 0 Å². The van der Waals surface area contributed by atoms with Crippen molar-refractivity contribution in [2.45, 2.75) is 174 Å². The van der Waals surface area contributed by atoms with E-state index >= 15 is 0 Å². The molecule has 0 radical (unpaired) electrons. The lowest BCUT2D eigenvalue weighted by Crippen LogP contribution is -2.46. The molecule has 0 rings (SSSR count). The van der Waals surface area contributed by atoms with E-state index in [0.29, 0.717) is 23.9 Å². The average Bonchev–Trinajstić information content (AvgIpc) is 3.01. The molecular formula is C38H75N2O6P. The van der Waals surface area contributed by atoms with E-state index in [-0.39, 0.29) is 19.1 Å². The van der Waals surface area contributed by atoms with Gasteiger partial charge in [-0.25, -0.2) is 0 Å². The maximum atomic E-state index is 12.8. The monoisotopic (exact) mass is 687 g/mol. The number of likely N-dealkylation sites (N-methyl/N-ethyl adjacent to an activating group) is 1. The normalized spacial score (nSPS) is 15.0. The number of hydrogen-bond donors (Lipinski definition) is 2. The number of phosphoric acid groups is 1. The standard InChI is InChI=1S/C38H75N2O6P/c1-6-8-10-12-14-16-18-19-20-21-22-24-26-28-30-32-38(42)39-36(35-46-47(43,44)45-34-33-40(3,4)5)37(41)31-29-27-25-23-17-15-13-11-9-7-2/h14,16,19-20,36-37,41H,6-13,15,17-18,21-35H2,1-5H3,(H-,39,42,43,44)/b16-14-,20-19-. The highest BCUT2D eigenvalue weighted by molar-refractivity contribution is 7.45. The first-order chi connectivity index (χ1) is 22.5. The Bertz CT molecular complexity index is 829. The highest BCUT2D eigenvalue weighted by atomic mass is 31.2. The summed E-state index contributed by atoms with van der Waals surface area (Å²) in [5, 5.41) is 13.8. The van der Waals surface area contributed by atoms with E-state index in [1.165, 1.54) is 70.6 Å². The minimum absolute atomic E-state index is 0.00921. The van der Waals surface area contributed by atoms with E-state index in [0.717, 1.165) is 64.2 Å². The summed E-state index contributed by atoms with van der Waals surface area (Å²) in [6, 6.07) is -0.802. The summed E-state index contributed by atoms with van der Waals surface area (Å²) in [6.45, 7) is 4.64. The van der Waals surface area contributed by atoms with Crippen LogP contribution in [-0.4, -0.2) is 68.5 Å². The van der Waals surface area contributed by atoms with Gasteiger partial charge in [-0.15, -0.1) is 0 Å². The van der Waals surface area contributed by atoms with E-state index in [4.69, 9.17) is 9.05 Å². The molecule has 1 amide bonds. The van der Waals surface area contributed by atoms with Crippen LogP contribution in [0.3, 0.4) is 0 Å². The van der Waals surface area contributed by atoms with Crippen molar-refractivity contribution in [2.75, 3.05) is 40.9 Å². The van der Waals surface area contributed by atoms with Gasteiger partial charge in [0.05, 0.1) is 39.9 Å². The Labute approximate surface area is 290 Å². The van der Waals surface area contributed by atoms with Crippen LogP contribution in [0.1, 0.15) is 162 Å². The van der Waals surface area contributed by atoms with Crippen molar-refractivity contribution in [2.24, 2.45) is 0 Å². The summed E-state index contributed by atoms with van der Waals surface area (Å²) in [6.07, 6.45) is 33.2. The van der Waals surface area contributed by atoms with Gasteiger partial charge in [-0.3, -0.25) is 9.36 Å². The number of nitrogens with zero attached hydrogens (tertiary/aromatic N) is 1. The van der Waals surface area contributed by atoms with Crippen molar-refractivity contribution < 1.29 is 32.9 Å². The molecule has 0 aromatic carbocycles. The predicted octanol–water partition coefficient (Wildman–Crippen LogP) is 9.16. The molecular weight excluding hydrogens is 611 g/mol. The van der Waals surface area contributed by atoms with E-state index in [9.17, 15) is 19.4 Å². The summed E-state index contributed by atoms with van der Waals surface area (Å²) >= 11 is 0. The van der Waals surface area contributed by atoms with E-state index in [2.05, 4.69) is 43.5 Å². The molecule has 0 aliphatic carbocycles. The number of aliphatic hydroxyl groups excluding tert-OH is 1. The van der Waals surface area contributed by atoms with Crippen molar-refractivity contribution in [3.8, 4) is 0 Å². The van der Waals surface area contributed by atoms with Gasteiger partial charge in [0.2, 0.25) is 5.91 Å². The molecule has 0 saturated carbocycles. The zero-order valence-corrected chi connectivity index (χ0v) is 32.1. The van der Waals surface area contributed by atoms with Gasteiger partial charge in [-0.05, 0) is 44.9 Å². The maximum Gasteiger partial charge on any atom is 0.268 e. The molecule has 0 spiro atoms. The Balaban J connectivity index is 4.47. The zero-order chi connectivity index (χ0) is 35.1. The molecule has 0 heterocycles. The van der Waals surface area contributed by atoms with Crippen molar-refractivity contribution in [1.82, 2.24) is 5.32 Å². The molecule has 0 aliphatic rings. The van der Waals surface area contributed by atoms with Crippen LogP contribution >= 0.6 is 7.82 Å². The summed E-state index contributed by atoms with van der Waals surface area (Å²) in [4.78, 5) is 25.1. The van der Waals surface area contributed by atoms with Crippen LogP contribution in [0.25, 0.3) is 0 Å². The summed E-state index contributed by atoms with van der Waals surface area (Å²) < 4.78 is 23.1. The first-order valence-corrected chi connectivity index (χ1v) is 20.6. The Morgan fingerprint density at radius 2 is 1.23 bits per heavy atom. The topological polar surface area (TPSA) is 108 Å². The van der Waals surface area contributed by atoms with Gasteiger partial charge < -0.3 is 28.8 Å². The molecule has 9 heteroatoms. The predicted molar refractivity (Wildman–Crippen MR) is 196 cm³/mol. The number of amides is 1. The Morgan fingerprint density at radius 1 is 0.745 bits per heavy atom. The Morgan fingerprint density at radius 3 is 1.81 bits per heavy atom. The zero-order valence-electron chi connectivity index (χ0n) is 31.2. The molecule has 278 valence electrons. The third kappa shape index (κ3) is 33.3. The molecule has 47 heavy (non-hydrogen) atoms. The second-order valence-corrected chi connectivity index (χ2v) is 15.7. The largest absolute Gasteiger partial charge is 0.756 e. The number of carbonyl (C=O) groups is 1. The lowest BCUT2D eigenvalue weighted by Gasteiger charge is -2.30. The number of rotatable bonds is 34. The van der Waals surface area contributed by atoms with Crippen molar-refractivity contribution >= 4 is 13.7 Å². The van der Waals surface area contributed by atoms with Gasteiger partial charge in [0.15, 0.2) is 0 Å². The first kappa shape index (κ1) is 46.0. The van der Waals surface area contributed by atoms with Gasteiger partial charge in [-0.1, -0.05) is 134 Å². The third-order valence-electron chi connectivity index (χ3n) is 8.44. The molecule has 3 unspecified atom stereocenters. The van der Waals surface area contributed by atoms with Crippen LogP contribution in [-0.2, 0) is 18.4 Å². The van der Waals surface area contributed by atoms with E-state index in [1.807, 2.05) is 21.1 Å². The fraction of sp³-hybridized carbons (Fsp3) is 0.868. The summed E-state index contributed by atoms with van der Waals surface area (Å²) in [7, 11) is 1.29. The van der Waals surface area contributed by atoms with Crippen LogP contribution in [0.2, 0.25) is 0 Å². The fourth-order valence-corrected chi connectivity index (χ4v) is 6.03. The molecule has 0 aromatic rings. The number of carbonyl (C=O) groups excluding carboxylic acids is 1. The number of phosphoric ester groups is 1. The Kier molecular flexibility index (Phi) is 30.3. The van der Waals surface area contributed by atoms with Crippen molar-refractivity contribution in [3.05, 3.63) is 24.3 Å². The fourth-order valence-electron chi connectivity index (χ4n) is 5.30. The minimum atomic E-state index is -4.55. The van der Waals surface area contributed by atoms with E-state index < -0.39 is 20.0 Å². The number of quaternary nitrogens is 1. The molecule has 8 nitrogen and oxygen atoms in total. The summed E-state index contributed by atoms with van der Waals surface area (Å²) in [5.41, 5.74) is 0. The molecule has 0 aliphatic heterocycles. The second kappa shape index (κ2) is 31.0. The number of unbranched alkanes of at least 4 members (excludes halogenated alkanes) is 17. The quantitative estimate of drug-likeness (QED) is 0.0303. The van der Waals surface area contributed by atoms with Gasteiger partial charge in [0, 0.05) is 6.42 Å². The van der Waals surface area contributed by atoms with Crippen LogP contribution in [0.4, 0.5) is 0 Å². The lowest BCUT2D eigenvalue weighted by molar-refractivity contribution is -0.870. The average molecular weight is 687 g/mol. The molecule has 0 fully saturated rings. The summed E-state index contributed by atoms with van der Waals surface area (Å²) in [5.74, 6) is -0.182. The number of allylic oxidation sites excluding steroid dienone is 4. The van der Waals surface area contributed by atoms with Gasteiger partial charge in [0.1, 0.15) is 13.2 Å². The molecule has 3 atom stereocenters. The molecule has 0 bridgehead atoms. The van der Waals surface area contributed by atoms with Crippen LogP contribution in [0.5, 0.6) is 0 Å². The third-order valence-corrected chi connectivity index (χ3v) is 9.41. The minimum Gasteiger partial charge on any atom is -0.756 e. The lowest BCUT2D eigenvalue weighted by atomic mass is 10.0. The second-order valence-electron chi connectivity index (χ2n) is 14.3. The van der Waals surface area contributed by atoms with Crippen LogP contribution < -0.4 is 10.2 Å². The van der Waals surface area contributed by atoms with Gasteiger partial charge in [-0.2, -0.15) is 0 Å². The molecule has 2 N–H and O–H groups in total. The van der Waals surface area contributed by atoms with Crippen molar-refractivity contribution in [1.29, 1.82) is 0 Å².